The van der Waals surface area contributed by atoms with Crippen LogP contribution in [0.25, 0.3) is 0 Å². The van der Waals surface area contributed by atoms with Crippen molar-refractivity contribution in [1.29, 1.82) is 0 Å². The van der Waals surface area contributed by atoms with E-state index < -0.39 is 0 Å². The summed E-state index contributed by atoms with van der Waals surface area (Å²) in [6.07, 6.45) is 1.81. The van der Waals surface area contributed by atoms with Gasteiger partial charge in [0.25, 0.3) is 0 Å². The summed E-state index contributed by atoms with van der Waals surface area (Å²) in [7, 11) is 1.37. The quantitative estimate of drug-likeness (QED) is 0.833. The van der Waals surface area contributed by atoms with Crippen LogP contribution in [0.2, 0.25) is 0 Å². The number of esters is 1. The number of hydrogen-bond donors (Lipinski definition) is 1. The zero-order valence-electron chi connectivity index (χ0n) is 12.3. The number of carbonyl (C=O) groups excluding carboxylic acids is 1. The van der Waals surface area contributed by atoms with Gasteiger partial charge in [-0.1, -0.05) is 0 Å². The van der Waals surface area contributed by atoms with Gasteiger partial charge in [0.2, 0.25) is 0 Å². The second kappa shape index (κ2) is 6.28. The second-order valence-electron chi connectivity index (χ2n) is 5.38. The minimum Gasteiger partial charge on any atom is -0.464 e. The first-order valence-corrected chi connectivity index (χ1v) is 6.91. The monoisotopic (exact) mass is 281 g/mol. The lowest BCUT2D eigenvalue weighted by molar-refractivity contribution is -0.0458. The summed E-state index contributed by atoms with van der Waals surface area (Å²) in [6.45, 7) is 7.48. The van der Waals surface area contributed by atoms with E-state index in [4.69, 9.17) is 15.2 Å². The van der Waals surface area contributed by atoms with Crippen molar-refractivity contribution >= 4 is 11.7 Å². The minimum atomic E-state index is -0.377. The smallest absolute Gasteiger partial charge is 0.354 e. The molecule has 1 aliphatic rings. The average molecular weight is 281 g/mol. The largest absolute Gasteiger partial charge is 0.464 e. The summed E-state index contributed by atoms with van der Waals surface area (Å²) in [6, 6.07) is 2.13. The molecule has 20 heavy (non-hydrogen) atoms. The highest BCUT2D eigenvalue weighted by Gasteiger charge is 2.24. The molecule has 2 rings (SSSR count). The molecule has 1 unspecified atom stereocenters. The van der Waals surface area contributed by atoms with Gasteiger partial charge in [0.1, 0.15) is 5.69 Å². The summed E-state index contributed by atoms with van der Waals surface area (Å²) >= 11 is 0. The number of aromatic nitrogens is 1. The molecule has 0 amide bonds. The fraction of sp³-hybridized carbons (Fsp3) is 0.643. The standard InChI is InChI=1S/C14H23N3O3/c1-10(2)16-4-5-20-12(8-16)9-17-7-11(15)6-13(17)14(18)19-3/h6-7,10,12H,4-5,8-9,15H2,1-3H3. The van der Waals surface area contributed by atoms with Crippen LogP contribution in [0.1, 0.15) is 24.3 Å². The number of nitrogen functional groups attached to an aromatic ring is 1. The number of anilines is 1. The number of hydrogen-bond acceptors (Lipinski definition) is 5. The van der Waals surface area contributed by atoms with Crippen LogP contribution in [-0.4, -0.2) is 54.4 Å². The van der Waals surface area contributed by atoms with Crippen molar-refractivity contribution in [3.63, 3.8) is 0 Å². The Kier molecular flexibility index (Phi) is 4.67. The van der Waals surface area contributed by atoms with Gasteiger partial charge in [0.05, 0.1) is 32.1 Å². The van der Waals surface area contributed by atoms with E-state index in [9.17, 15) is 4.79 Å². The number of ether oxygens (including phenoxy) is 2. The molecule has 1 aliphatic heterocycles. The topological polar surface area (TPSA) is 69.7 Å². The van der Waals surface area contributed by atoms with Crippen LogP contribution in [0, 0.1) is 0 Å². The van der Waals surface area contributed by atoms with E-state index in [0.717, 1.165) is 13.1 Å². The minimum absolute atomic E-state index is 0.0568. The number of carbonyl (C=O) groups is 1. The van der Waals surface area contributed by atoms with E-state index in [2.05, 4.69) is 18.7 Å². The molecule has 0 radical (unpaired) electrons. The molecule has 1 aromatic heterocycles. The zero-order chi connectivity index (χ0) is 14.7. The number of rotatable bonds is 4. The third-order valence-corrected chi connectivity index (χ3v) is 3.61. The van der Waals surface area contributed by atoms with Gasteiger partial charge in [0.15, 0.2) is 0 Å². The van der Waals surface area contributed by atoms with Crippen LogP contribution < -0.4 is 5.73 Å². The maximum Gasteiger partial charge on any atom is 0.354 e. The SMILES string of the molecule is COC(=O)c1cc(N)cn1CC1CN(C(C)C)CCO1. The summed E-state index contributed by atoms with van der Waals surface area (Å²) in [5, 5.41) is 0. The summed E-state index contributed by atoms with van der Waals surface area (Å²) < 4.78 is 12.4. The summed E-state index contributed by atoms with van der Waals surface area (Å²) in [5.41, 5.74) is 6.80. The van der Waals surface area contributed by atoms with Gasteiger partial charge >= 0.3 is 5.97 Å². The van der Waals surface area contributed by atoms with E-state index in [1.165, 1.54) is 7.11 Å². The molecule has 0 spiro atoms. The Bertz CT molecular complexity index is 470. The first-order chi connectivity index (χ1) is 9.51. The van der Waals surface area contributed by atoms with Crippen LogP contribution in [0.5, 0.6) is 0 Å². The van der Waals surface area contributed by atoms with Gasteiger partial charge in [-0.3, -0.25) is 4.90 Å². The Morgan fingerprint density at radius 3 is 3.00 bits per heavy atom. The van der Waals surface area contributed by atoms with E-state index in [1.54, 1.807) is 12.3 Å². The van der Waals surface area contributed by atoms with Crippen molar-refractivity contribution in [1.82, 2.24) is 9.47 Å². The highest BCUT2D eigenvalue weighted by Crippen LogP contribution is 2.16. The van der Waals surface area contributed by atoms with Crippen molar-refractivity contribution < 1.29 is 14.3 Å². The predicted octanol–water partition coefficient (Wildman–Crippen LogP) is 0.966. The Morgan fingerprint density at radius 1 is 1.60 bits per heavy atom. The molecule has 0 bridgehead atoms. The highest BCUT2D eigenvalue weighted by molar-refractivity contribution is 5.88. The van der Waals surface area contributed by atoms with E-state index >= 15 is 0 Å². The number of nitrogens with two attached hydrogens (primary N) is 1. The molecule has 0 aliphatic carbocycles. The van der Waals surface area contributed by atoms with Gasteiger partial charge in [-0.05, 0) is 19.9 Å². The van der Waals surface area contributed by atoms with Crippen molar-refractivity contribution in [3.8, 4) is 0 Å². The maximum atomic E-state index is 11.7. The van der Waals surface area contributed by atoms with E-state index in [1.807, 2.05) is 4.57 Å². The molecule has 2 heterocycles. The zero-order valence-corrected chi connectivity index (χ0v) is 12.3. The summed E-state index contributed by atoms with van der Waals surface area (Å²) in [5.74, 6) is -0.377. The number of morpholine rings is 1. The molecule has 2 N–H and O–H groups in total. The third-order valence-electron chi connectivity index (χ3n) is 3.61. The second-order valence-corrected chi connectivity index (χ2v) is 5.38. The van der Waals surface area contributed by atoms with Gasteiger partial charge in [-0.15, -0.1) is 0 Å². The molecule has 0 saturated carbocycles. The molecule has 1 aromatic rings. The Balaban J connectivity index is 2.08. The van der Waals surface area contributed by atoms with Gasteiger partial charge in [-0.25, -0.2) is 4.79 Å². The van der Waals surface area contributed by atoms with Crippen LogP contribution in [0.3, 0.4) is 0 Å². The lowest BCUT2D eigenvalue weighted by atomic mass is 10.2. The molecular formula is C14H23N3O3. The average Bonchev–Trinajstić information content (AvgIpc) is 2.79. The molecular weight excluding hydrogens is 258 g/mol. The number of methoxy groups -OCH3 is 1. The molecule has 1 atom stereocenters. The normalized spacial score (nSPS) is 20.3. The van der Waals surface area contributed by atoms with Gasteiger partial charge in [-0.2, -0.15) is 0 Å². The van der Waals surface area contributed by atoms with Crippen molar-refractivity contribution in [3.05, 3.63) is 18.0 Å². The Hall–Kier alpha value is -1.53. The maximum absolute atomic E-state index is 11.7. The van der Waals surface area contributed by atoms with Crippen LogP contribution in [-0.2, 0) is 16.0 Å². The van der Waals surface area contributed by atoms with Crippen molar-refractivity contribution in [2.75, 3.05) is 32.5 Å². The van der Waals surface area contributed by atoms with E-state index in [-0.39, 0.29) is 12.1 Å². The first-order valence-electron chi connectivity index (χ1n) is 6.91. The summed E-state index contributed by atoms with van der Waals surface area (Å²) in [4.78, 5) is 14.1. The molecule has 1 fully saturated rings. The van der Waals surface area contributed by atoms with Gasteiger partial charge < -0.3 is 19.8 Å². The molecule has 6 heteroatoms. The Morgan fingerprint density at radius 2 is 2.35 bits per heavy atom. The first kappa shape index (κ1) is 14.9. The highest BCUT2D eigenvalue weighted by atomic mass is 16.5. The third kappa shape index (κ3) is 3.32. The predicted molar refractivity (Wildman–Crippen MR) is 76.6 cm³/mol. The van der Waals surface area contributed by atoms with Crippen molar-refractivity contribution in [2.24, 2.45) is 0 Å². The molecule has 0 aromatic carbocycles. The van der Waals surface area contributed by atoms with Crippen molar-refractivity contribution in [2.45, 2.75) is 32.5 Å². The molecule has 112 valence electrons. The Labute approximate surface area is 119 Å². The van der Waals surface area contributed by atoms with Gasteiger partial charge in [0, 0.05) is 25.3 Å². The molecule has 1 saturated heterocycles. The molecule has 6 nitrogen and oxygen atoms in total. The fourth-order valence-electron chi connectivity index (χ4n) is 2.50. The van der Waals surface area contributed by atoms with E-state index in [0.29, 0.717) is 30.6 Å². The lowest BCUT2D eigenvalue weighted by Gasteiger charge is -2.35. The van der Waals surface area contributed by atoms with Crippen LogP contribution in [0.15, 0.2) is 12.3 Å². The number of nitrogens with zero attached hydrogens (tertiary/aromatic N) is 2. The fourth-order valence-corrected chi connectivity index (χ4v) is 2.50. The van der Waals surface area contributed by atoms with Crippen LogP contribution >= 0.6 is 0 Å². The van der Waals surface area contributed by atoms with Crippen LogP contribution in [0.4, 0.5) is 5.69 Å². The lowest BCUT2D eigenvalue weighted by Crippen LogP contribution is -2.47.